The summed E-state index contributed by atoms with van der Waals surface area (Å²) in [7, 11) is 1.85. The van der Waals surface area contributed by atoms with E-state index in [2.05, 4.69) is 28.1 Å². The second kappa shape index (κ2) is 7.54. The highest BCUT2D eigenvalue weighted by molar-refractivity contribution is 9.10. The molecule has 0 saturated heterocycles. The fourth-order valence-electron chi connectivity index (χ4n) is 1.85. The number of rotatable bonds is 6. The zero-order valence-electron chi connectivity index (χ0n) is 11.0. The molecule has 1 unspecified atom stereocenters. The summed E-state index contributed by atoms with van der Waals surface area (Å²) in [6.45, 7) is 3.15. The van der Waals surface area contributed by atoms with Crippen LogP contribution in [0.3, 0.4) is 0 Å². The number of benzene rings is 1. The average molecular weight is 313 g/mol. The van der Waals surface area contributed by atoms with Crippen LogP contribution in [0.5, 0.6) is 0 Å². The molecule has 0 spiro atoms. The third kappa shape index (κ3) is 4.42. The zero-order valence-corrected chi connectivity index (χ0v) is 12.6. The van der Waals surface area contributed by atoms with Gasteiger partial charge in [0.05, 0.1) is 5.92 Å². The molecular formula is C14H21BrN2O. The van der Waals surface area contributed by atoms with Crippen LogP contribution < -0.4 is 5.73 Å². The van der Waals surface area contributed by atoms with Crippen molar-refractivity contribution in [3.05, 3.63) is 34.3 Å². The number of hydrogen-bond acceptors (Lipinski definition) is 2. The van der Waals surface area contributed by atoms with Crippen LogP contribution in [0.1, 0.15) is 18.9 Å². The van der Waals surface area contributed by atoms with Crippen molar-refractivity contribution < 1.29 is 4.79 Å². The first-order chi connectivity index (χ1) is 8.58. The Hall–Kier alpha value is -0.870. The third-order valence-corrected chi connectivity index (χ3v) is 3.62. The summed E-state index contributed by atoms with van der Waals surface area (Å²) in [6.07, 6.45) is 1.67. The summed E-state index contributed by atoms with van der Waals surface area (Å²) in [5.41, 5.74) is 6.82. The van der Waals surface area contributed by atoms with Crippen LogP contribution >= 0.6 is 15.9 Å². The van der Waals surface area contributed by atoms with Crippen LogP contribution in [0, 0.1) is 5.92 Å². The van der Waals surface area contributed by atoms with Gasteiger partial charge in [0.25, 0.3) is 0 Å². The Labute approximate surface area is 117 Å². The van der Waals surface area contributed by atoms with Crippen LogP contribution in [0.15, 0.2) is 28.7 Å². The summed E-state index contributed by atoms with van der Waals surface area (Å²) >= 11 is 3.45. The van der Waals surface area contributed by atoms with Gasteiger partial charge < -0.3 is 10.6 Å². The van der Waals surface area contributed by atoms with Gasteiger partial charge >= 0.3 is 0 Å². The maximum Gasteiger partial charge on any atom is 0.226 e. The summed E-state index contributed by atoms with van der Waals surface area (Å²) < 4.78 is 1.07. The Morgan fingerprint density at radius 3 is 2.78 bits per heavy atom. The quantitative estimate of drug-likeness (QED) is 0.877. The monoisotopic (exact) mass is 312 g/mol. The molecule has 0 aliphatic rings. The van der Waals surface area contributed by atoms with E-state index in [1.807, 2.05) is 26.1 Å². The topological polar surface area (TPSA) is 46.3 Å². The van der Waals surface area contributed by atoms with Gasteiger partial charge in [-0.2, -0.15) is 0 Å². The first-order valence-corrected chi connectivity index (χ1v) is 7.07. The molecule has 3 nitrogen and oxygen atoms in total. The highest BCUT2D eigenvalue weighted by Crippen LogP contribution is 2.13. The molecular weight excluding hydrogens is 292 g/mol. The van der Waals surface area contributed by atoms with E-state index < -0.39 is 0 Å². The number of carbonyl (C=O) groups excluding carboxylic acids is 1. The van der Waals surface area contributed by atoms with Gasteiger partial charge in [-0.15, -0.1) is 0 Å². The van der Waals surface area contributed by atoms with E-state index in [9.17, 15) is 4.79 Å². The Morgan fingerprint density at radius 1 is 1.50 bits per heavy atom. The first kappa shape index (κ1) is 15.2. The number of hydrogen-bond donors (Lipinski definition) is 1. The van der Waals surface area contributed by atoms with E-state index in [0.29, 0.717) is 6.54 Å². The fraction of sp³-hybridized carbons (Fsp3) is 0.500. The molecule has 1 amide bonds. The van der Waals surface area contributed by atoms with Crippen molar-refractivity contribution in [2.24, 2.45) is 11.7 Å². The molecule has 1 atom stereocenters. The molecule has 0 aromatic heterocycles. The fourth-order valence-corrected chi connectivity index (χ4v) is 2.30. The van der Waals surface area contributed by atoms with E-state index in [-0.39, 0.29) is 11.8 Å². The van der Waals surface area contributed by atoms with E-state index in [0.717, 1.165) is 23.9 Å². The van der Waals surface area contributed by atoms with Crippen molar-refractivity contribution in [1.82, 2.24) is 4.90 Å². The predicted octanol–water partition coefficient (Wildman–Crippen LogP) is 2.43. The predicted molar refractivity (Wildman–Crippen MR) is 78.3 cm³/mol. The molecule has 1 aromatic carbocycles. The van der Waals surface area contributed by atoms with E-state index in [4.69, 9.17) is 5.73 Å². The van der Waals surface area contributed by atoms with Gasteiger partial charge in [0.2, 0.25) is 5.91 Å². The van der Waals surface area contributed by atoms with Crippen molar-refractivity contribution in [3.8, 4) is 0 Å². The third-order valence-electron chi connectivity index (χ3n) is 3.13. The van der Waals surface area contributed by atoms with Gasteiger partial charge in [-0.3, -0.25) is 4.79 Å². The van der Waals surface area contributed by atoms with Gasteiger partial charge in [0.15, 0.2) is 0 Å². The molecule has 4 heteroatoms. The maximum absolute atomic E-state index is 12.0. The number of carbonyl (C=O) groups is 1. The summed E-state index contributed by atoms with van der Waals surface area (Å²) in [6, 6.07) is 8.16. The van der Waals surface area contributed by atoms with Crippen molar-refractivity contribution >= 4 is 21.8 Å². The number of likely N-dealkylation sites (N-methyl/N-ethyl adjacent to an activating group) is 1. The average Bonchev–Trinajstić information content (AvgIpc) is 2.37. The molecule has 0 aliphatic carbocycles. The Balaban J connectivity index is 2.50. The smallest absolute Gasteiger partial charge is 0.226 e. The van der Waals surface area contributed by atoms with Gasteiger partial charge in [-0.05, 0) is 30.5 Å². The number of amides is 1. The van der Waals surface area contributed by atoms with Crippen molar-refractivity contribution in [2.45, 2.75) is 19.8 Å². The van der Waals surface area contributed by atoms with Crippen molar-refractivity contribution in [1.29, 1.82) is 0 Å². The maximum atomic E-state index is 12.0. The molecule has 0 heterocycles. The second-order valence-electron chi connectivity index (χ2n) is 4.48. The second-order valence-corrected chi connectivity index (χ2v) is 5.40. The molecule has 1 aromatic rings. The van der Waals surface area contributed by atoms with Gasteiger partial charge in [-0.25, -0.2) is 0 Å². The summed E-state index contributed by atoms with van der Waals surface area (Å²) in [5.74, 6) is 0.104. The molecule has 0 aliphatic heterocycles. The van der Waals surface area contributed by atoms with E-state index in [1.54, 1.807) is 4.90 Å². The van der Waals surface area contributed by atoms with Crippen LogP contribution in [-0.2, 0) is 11.2 Å². The summed E-state index contributed by atoms with van der Waals surface area (Å²) in [5, 5.41) is 0. The van der Waals surface area contributed by atoms with Gasteiger partial charge in [0.1, 0.15) is 0 Å². The van der Waals surface area contributed by atoms with E-state index in [1.165, 1.54) is 5.56 Å². The van der Waals surface area contributed by atoms with E-state index >= 15 is 0 Å². The minimum atomic E-state index is -0.0440. The van der Waals surface area contributed by atoms with Crippen LogP contribution in [-0.4, -0.2) is 30.9 Å². The highest BCUT2D eigenvalue weighted by atomic mass is 79.9. The van der Waals surface area contributed by atoms with Crippen LogP contribution in [0.4, 0.5) is 0 Å². The molecule has 1 rings (SSSR count). The van der Waals surface area contributed by atoms with Crippen molar-refractivity contribution in [3.63, 3.8) is 0 Å². The number of nitrogens with zero attached hydrogens (tertiary/aromatic N) is 1. The molecule has 2 N–H and O–H groups in total. The van der Waals surface area contributed by atoms with Crippen LogP contribution in [0.2, 0.25) is 0 Å². The largest absolute Gasteiger partial charge is 0.345 e. The lowest BCUT2D eigenvalue weighted by molar-refractivity contribution is -0.133. The zero-order chi connectivity index (χ0) is 13.5. The first-order valence-electron chi connectivity index (χ1n) is 6.28. The Bertz CT molecular complexity index is 391. The SMILES string of the molecule is CCC(CN)C(=O)N(C)CCc1cccc(Br)c1. The molecule has 0 radical (unpaired) electrons. The molecule has 0 saturated carbocycles. The minimum absolute atomic E-state index is 0.0440. The Morgan fingerprint density at radius 2 is 2.22 bits per heavy atom. The van der Waals surface area contributed by atoms with Crippen LogP contribution in [0.25, 0.3) is 0 Å². The van der Waals surface area contributed by atoms with Gasteiger partial charge in [-0.1, -0.05) is 35.0 Å². The molecule has 18 heavy (non-hydrogen) atoms. The number of halogens is 1. The van der Waals surface area contributed by atoms with Crippen molar-refractivity contribution in [2.75, 3.05) is 20.1 Å². The van der Waals surface area contributed by atoms with Gasteiger partial charge in [0, 0.05) is 24.6 Å². The molecule has 100 valence electrons. The highest BCUT2D eigenvalue weighted by Gasteiger charge is 2.18. The lowest BCUT2D eigenvalue weighted by atomic mass is 10.1. The minimum Gasteiger partial charge on any atom is -0.345 e. The lowest BCUT2D eigenvalue weighted by Gasteiger charge is -2.22. The summed E-state index contributed by atoms with van der Waals surface area (Å²) in [4.78, 5) is 13.8. The molecule has 0 fully saturated rings. The standard InChI is InChI=1S/C14H21BrN2O/c1-3-12(10-16)14(18)17(2)8-7-11-5-4-6-13(15)9-11/h4-6,9,12H,3,7-8,10,16H2,1-2H3. The normalized spacial score (nSPS) is 12.2. The lowest BCUT2D eigenvalue weighted by Crippen LogP contribution is -2.37. The number of nitrogens with two attached hydrogens (primary N) is 1. The molecule has 0 bridgehead atoms. The Kier molecular flexibility index (Phi) is 6.36.